The fraction of sp³-hybridized carbons (Fsp3) is 0.538. The summed E-state index contributed by atoms with van der Waals surface area (Å²) in [5, 5.41) is 11.9. The summed E-state index contributed by atoms with van der Waals surface area (Å²) in [4.78, 5) is 0. The molecular formula is C13H21NO. The van der Waals surface area contributed by atoms with E-state index in [9.17, 15) is 0 Å². The first-order valence-corrected chi connectivity index (χ1v) is 5.45. The molecule has 0 aliphatic heterocycles. The van der Waals surface area contributed by atoms with Crippen molar-refractivity contribution in [3.63, 3.8) is 0 Å². The maximum Gasteiger partial charge on any atom is 0.0555 e. The molecule has 1 rings (SSSR count). The summed E-state index contributed by atoms with van der Waals surface area (Å²) < 4.78 is 0. The topological polar surface area (TPSA) is 32.3 Å². The third kappa shape index (κ3) is 3.65. The Labute approximate surface area is 92.3 Å². The van der Waals surface area contributed by atoms with Crippen molar-refractivity contribution in [3.8, 4) is 0 Å². The number of aliphatic hydroxyl groups is 1. The maximum atomic E-state index is 8.71. The molecule has 2 N–H and O–H groups in total. The standard InChI is InChI=1S/C13H21NO/c1-11-4-6-12(7-5-11)13(2,3)10-14-8-9-15/h4-7,14-15H,8-10H2,1-3H3. The SMILES string of the molecule is Cc1ccc(C(C)(C)CNCCO)cc1. The molecule has 0 fully saturated rings. The van der Waals surface area contributed by atoms with Crippen LogP contribution in [-0.2, 0) is 5.41 Å². The minimum atomic E-state index is 0.114. The Kier molecular flexibility index (Phi) is 4.30. The third-order valence-corrected chi connectivity index (χ3v) is 2.69. The van der Waals surface area contributed by atoms with Gasteiger partial charge in [-0.1, -0.05) is 43.7 Å². The van der Waals surface area contributed by atoms with Gasteiger partial charge in [0, 0.05) is 18.5 Å². The van der Waals surface area contributed by atoms with Crippen LogP contribution in [0.5, 0.6) is 0 Å². The Balaban J connectivity index is 2.63. The van der Waals surface area contributed by atoms with E-state index in [-0.39, 0.29) is 12.0 Å². The van der Waals surface area contributed by atoms with Gasteiger partial charge in [-0.15, -0.1) is 0 Å². The van der Waals surface area contributed by atoms with E-state index in [1.807, 2.05) is 0 Å². The van der Waals surface area contributed by atoms with Gasteiger partial charge in [0.05, 0.1) is 6.61 Å². The molecule has 15 heavy (non-hydrogen) atoms. The lowest BCUT2D eigenvalue weighted by Crippen LogP contribution is -2.34. The van der Waals surface area contributed by atoms with Crippen LogP contribution in [0.1, 0.15) is 25.0 Å². The molecule has 0 saturated heterocycles. The Bertz CT molecular complexity index is 290. The van der Waals surface area contributed by atoms with Crippen molar-refractivity contribution >= 4 is 0 Å². The van der Waals surface area contributed by atoms with Gasteiger partial charge in [-0.25, -0.2) is 0 Å². The molecule has 0 atom stereocenters. The molecule has 0 heterocycles. The number of nitrogens with one attached hydrogen (secondary N) is 1. The van der Waals surface area contributed by atoms with Gasteiger partial charge in [0.2, 0.25) is 0 Å². The molecule has 0 spiro atoms. The first-order chi connectivity index (χ1) is 7.06. The number of aryl methyl sites for hydroxylation is 1. The lowest BCUT2D eigenvalue weighted by atomic mass is 9.84. The Hall–Kier alpha value is -0.860. The average molecular weight is 207 g/mol. The molecule has 1 aromatic carbocycles. The third-order valence-electron chi connectivity index (χ3n) is 2.69. The van der Waals surface area contributed by atoms with Crippen molar-refractivity contribution in [2.24, 2.45) is 0 Å². The van der Waals surface area contributed by atoms with Crippen LogP contribution in [-0.4, -0.2) is 24.8 Å². The van der Waals surface area contributed by atoms with Crippen molar-refractivity contribution < 1.29 is 5.11 Å². The van der Waals surface area contributed by atoms with Crippen molar-refractivity contribution in [1.82, 2.24) is 5.32 Å². The number of rotatable bonds is 5. The zero-order valence-corrected chi connectivity index (χ0v) is 9.88. The molecule has 0 bridgehead atoms. The molecule has 84 valence electrons. The molecule has 1 aromatic rings. The zero-order chi connectivity index (χ0) is 11.3. The van der Waals surface area contributed by atoms with Gasteiger partial charge in [0.25, 0.3) is 0 Å². The van der Waals surface area contributed by atoms with Crippen molar-refractivity contribution in [3.05, 3.63) is 35.4 Å². The number of aliphatic hydroxyl groups excluding tert-OH is 1. The fourth-order valence-electron chi connectivity index (χ4n) is 1.59. The fourth-order valence-corrected chi connectivity index (χ4v) is 1.59. The van der Waals surface area contributed by atoms with Crippen molar-refractivity contribution in [2.45, 2.75) is 26.2 Å². The molecule has 0 aliphatic carbocycles. The van der Waals surface area contributed by atoms with E-state index in [0.717, 1.165) is 6.54 Å². The summed E-state index contributed by atoms with van der Waals surface area (Å²) in [6, 6.07) is 8.64. The van der Waals surface area contributed by atoms with Gasteiger partial charge < -0.3 is 10.4 Å². The monoisotopic (exact) mass is 207 g/mol. The van der Waals surface area contributed by atoms with Gasteiger partial charge in [-0.3, -0.25) is 0 Å². The molecule has 0 aromatic heterocycles. The Morgan fingerprint density at radius 3 is 2.33 bits per heavy atom. The maximum absolute atomic E-state index is 8.71. The van der Waals surface area contributed by atoms with Crippen molar-refractivity contribution in [2.75, 3.05) is 19.7 Å². The smallest absolute Gasteiger partial charge is 0.0555 e. The van der Waals surface area contributed by atoms with Crippen LogP contribution >= 0.6 is 0 Å². The second kappa shape index (κ2) is 5.29. The predicted octanol–water partition coefficient (Wildman–Crippen LogP) is 1.85. The Morgan fingerprint density at radius 1 is 1.20 bits per heavy atom. The lowest BCUT2D eigenvalue weighted by molar-refractivity contribution is 0.286. The number of hydrogen-bond acceptors (Lipinski definition) is 2. The number of benzene rings is 1. The van der Waals surface area contributed by atoms with Crippen LogP contribution < -0.4 is 5.32 Å². The molecule has 0 amide bonds. The normalized spacial score (nSPS) is 11.7. The van der Waals surface area contributed by atoms with E-state index in [4.69, 9.17) is 5.11 Å². The van der Waals surface area contributed by atoms with E-state index in [2.05, 4.69) is 50.4 Å². The minimum absolute atomic E-state index is 0.114. The zero-order valence-electron chi connectivity index (χ0n) is 9.88. The first kappa shape index (κ1) is 12.2. The van der Waals surface area contributed by atoms with Crippen molar-refractivity contribution in [1.29, 1.82) is 0 Å². The van der Waals surface area contributed by atoms with Gasteiger partial charge >= 0.3 is 0 Å². The summed E-state index contributed by atoms with van der Waals surface area (Å²) >= 11 is 0. The molecular weight excluding hydrogens is 186 g/mol. The predicted molar refractivity (Wildman–Crippen MR) is 64.2 cm³/mol. The Morgan fingerprint density at radius 2 is 1.80 bits per heavy atom. The second-order valence-corrected chi connectivity index (χ2v) is 4.65. The van der Waals surface area contributed by atoms with E-state index >= 15 is 0 Å². The number of hydrogen-bond donors (Lipinski definition) is 2. The highest BCUT2D eigenvalue weighted by Crippen LogP contribution is 2.22. The minimum Gasteiger partial charge on any atom is -0.395 e. The summed E-state index contributed by atoms with van der Waals surface area (Å²) in [5.74, 6) is 0. The van der Waals surface area contributed by atoms with Crippen LogP contribution in [0.4, 0.5) is 0 Å². The highest BCUT2D eigenvalue weighted by atomic mass is 16.3. The van der Waals surface area contributed by atoms with Crippen LogP contribution in [0.15, 0.2) is 24.3 Å². The van der Waals surface area contributed by atoms with Gasteiger partial charge in [-0.05, 0) is 12.5 Å². The van der Waals surface area contributed by atoms with Gasteiger partial charge in [-0.2, -0.15) is 0 Å². The summed E-state index contributed by atoms with van der Waals surface area (Å²) in [6.45, 7) is 8.26. The average Bonchev–Trinajstić information content (AvgIpc) is 2.18. The first-order valence-electron chi connectivity index (χ1n) is 5.45. The van der Waals surface area contributed by atoms with E-state index in [0.29, 0.717) is 6.54 Å². The molecule has 2 nitrogen and oxygen atoms in total. The van der Waals surface area contributed by atoms with Crippen LogP contribution in [0.25, 0.3) is 0 Å². The van der Waals surface area contributed by atoms with E-state index in [1.54, 1.807) is 0 Å². The second-order valence-electron chi connectivity index (χ2n) is 4.65. The van der Waals surface area contributed by atoms with Crippen LogP contribution in [0, 0.1) is 6.92 Å². The summed E-state index contributed by atoms with van der Waals surface area (Å²) in [6.07, 6.45) is 0. The van der Waals surface area contributed by atoms with Crippen LogP contribution in [0.3, 0.4) is 0 Å². The van der Waals surface area contributed by atoms with E-state index < -0.39 is 0 Å². The van der Waals surface area contributed by atoms with Gasteiger partial charge in [0.15, 0.2) is 0 Å². The van der Waals surface area contributed by atoms with E-state index in [1.165, 1.54) is 11.1 Å². The van der Waals surface area contributed by atoms with Gasteiger partial charge in [0.1, 0.15) is 0 Å². The quantitative estimate of drug-likeness (QED) is 0.722. The highest BCUT2D eigenvalue weighted by molar-refractivity contribution is 5.27. The molecule has 0 saturated carbocycles. The van der Waals surface area contributed by atoms with Crippen LogP contribution in [0.2, 0.25) is 0 Å². The summed E-state index contributed by atoms with van der Waals surface area (Å²) in [7, 11) is 0. The molecule has 0 aliphatic rings. The highest BCUT2D eigenvalue weighted by Gasteiger charge is 2.19. The molecule has 2 heteroatoms. The molecule has 0 radical (unpaired) electrons. The molecule has 0 unspecified atom stereocenters. The lowest BCUT2D eigenvalue weighted by Gasteiger charge is -2.25. The largest absolute Gasteiger partial charge is 0.395 e. The summed E-state index contributed by atoms with van der Waals surface area (Å²) in [5.41, 5.74) is 2.74.